The molecule has 2 aliphatic heterocycles. The molecule has 56 valence electrons. The maximum atomic E-state index is 10.9. The molecule has 0 N–H and O–H groups in total. The zero-order valence-electron chi connectivity index (χ0n) is 5.42. The van der Waals surface area contributed by atoms with Crippen LogP contribution in [0.25, 0.3) is 0 Å². The average molecular weight is 178 g/mol. The molecule has 10 heavy (non-hydrogen) atoms. The second-order valence-corrected chi connectivity index (χ2v) is 4.46. The molecule has 0 saturated carbocycles. The van der Waals surface area contributed by atoms with Crippen LogP contribution in [0, 0.1) is 0 Å². The molecule has 1 unspecified atom stereocenters. The first kappa shape index (κ1) is 6.80. The van der Waals surface area contributed by atoms with E-state index in [2.05, 4.69) is 0 Å². The number of carbonyl (C=O) groups excluding carboxylic acids is 1. The summed E-state index contributed by atoms with van der Waals surface area (Å²) in [6, 6.07) is 0. The van der Waals surface area contributed by atoms with Crippen molar-refractivity contribution in [3.8, 4) is 0 Å². The van der Waals surface area contributed by atoms with Gasteiger partial charge in [-0.05, 0) is 0 Å². The zero-order chi connectivity index (χ0) is 7.14. The highest BCUT2D eigenvalue weighted by molar-refractivity contribution is 8.00. The summed E-state index contributed by atoms with van der Waals surface area (Å²) >= 11 is 7.66. The van der Waals surface area contributed by atoms with Gasteiger partial charge in [0.2, 0.25) is 5.91 Å². The lowest BCUT2D eigenvalue weighted by Gasteiger charge is -2.44. The number of hydrogen-bond donors (Lipinski definition) is 0. The fourth-order valence-corrected chi connectivity index (χ4v) is 2.82. The lowest BCUT2D eigenvalue weighted by molar-refractivity contribution is -0.141. The molecule has 2 atom stereocenters. The van der Waals surface area contributed by atoms with Crippen LogP contribution in [-0.2, 0) is 4.79 Å². The van der Waals surface area contributed by atoms with Gasteiger partial charge >= 0.3 is 0 Å². The summed E-state index contributed by atoms with van der Waals surface area (Å²) in [6.07, 6.45) is 0.730. The van der Waals surface area contributed by atoms with E-state index in [1.807, 2.05) is 4.90 Å². The third-order valence-electron chi connectivity index (χ3n) is 1.88. The van der Waals surface area contributed by atoms with Gasteiger partial charge in [-0.1, -0.05) is 0 Å². The monoisotopic (exact) mass is 177 g/mol. The van der Waals surface area contributed by atoms with Crippen LogP contribution in [0.5, 0.6) is 0 Å². The molecular weight excluding hydrogens is 170 g/mol. The maximum Gasteiger partial charge on any atom is 0.226 e. The summed E-state index contributed by atoms with van der Waals surface area (Å²) in [5.41, 5.74) is 0. The second kappa shape index (κ2) is 2.31. The standard InChI is InChI=1S/C6H8ClNOS/c7-4-2-8-5(9)1-6(8)10-3-4/h4,6H,1-3H2/t4?,6-/m0/s1. The van der Waals surface area contributed by atoms with Gasteiger partial charge in [-0.3, -0.25) is 4.79 Å². The van der Waals surface area contributed by atoms with E-state index in [0.29, 0.717) is 5.37 Å². The molecular formula is C6H8ClNOS. The smallest absolute Gasteiger partial charge is 0.226 e. The molecule has 2 heterocycles. The highest BCUT2D eigenvalue weighted by Gasteiger charge is 2.40. The molecule has 0 aromatic heterocycles. The van der Waals surface area contributed by atoms with Gasteiger partial charge in [0.15, 0.2) is 0 Å². The Kier molecular flexibility index (Phi) is 1.57. The van der Waals surface area contributed by atoms with Gasteiger partial charge in [0.25, 0.3) is 0 Å². The lowest BCUT2D eigenvalue weighted by atomic mass is 10.2. The largest absolute Gasteiger partial charge is 0.329 e. The van der Waals surface area contributed by atoms with E-state index in [1.165, 1.54) is 0 Å². The molecule has 0 aliphatic carbocycles. The molecule has 0 spiro atoms. The van der Waals surface area contributed by atoms with E-state index in [-0.39, 0.29) is 11.3 Å². The molecule has 0 aromatic rings. The van der Waals surface area contributed by atoms with Crippen LogP contribution in [0.3, 0.4) is 0 Å². The maximum absolute atomic E-state index is 10.9. The highest BCUT2D eigenvalue weighted by Crippen LogP contribution is 2.35. The van der Waals surface area contributed by atoms with Crippen LogP contribution >= 0.6 is 23.4 Å². The van der Waals surface area contributed by atoms with Crippen molar-refractivity contribution in [1.29, 1.82) is 0 Å². The van der Waals surface area contributed by atoms with E-state index in [1.54, 1.807) is 11.8 Å². The molecule has 2 nitrogen and oxygen atoms in total. The number of nitrogens with zero attached hydrogens (tertiary/aromatic N) is 1. The quantitative estimate of drug-likeness (QED) is 0.405. The summed E-state index contributed by atoms with van der Waals surface area (Å²) < 4.78 is 0. The predicted octanol–water partition coefficient (Wildman–Crippen LogP) is 0.899. The number of carbonyl (C=O) groups is 1. The van der Waals surface area contributed by atoms with E-state index in [0.717, 1.165) is 18.7 Å². The minimum absolute atomic E-state index is 0.172. The van der Waals surface area contributed by atoms with Crippen molar-refractivity contribution in [1.82, 2.24) is 4.90 Å². The minimum Gasteiger partial charge on any atom is -0.329 e. The van der Waals surface area contributed by atoms with Gasteiger partial charge in [0, 0.05) is 12.3 Å². The Labute approximate surface area is 68.9 Å². The first-order valence-corrected chi connectivity index (χ1v) is 4.81. The fraction of sp³-hybridized carbons (Fsp3) is 0.833. The van der Waals surface area contributed by atoms with E-state index < -0.39 is 0 Å². The second-order valence-electron chi connectivity index (χ2n) is 2.64. The topological polar surface area (TPSA) is 20.3 Å². The van der Waals surface area contributed by atoms with Crippen molar-refractivity contribution in [3.05, 3.63) is 0 Å². The molecule has 0 bridgehead atoms. The van der Waals surface area contributed by atoms with Crippen LogP contribution in [0.2, 0.25) is 0 Å². The Balaban J connectivity index is 2.00. The van der Waals surface area contributed by atoms with Crippen molar-refractivity contribution >= 4 is 29.3 Å². The third kappa shape index (κ3) is 0.920. The molecule has 1 amide bonds. The summed E-state index contributed by atoms with van der Waals surface area (Å²) in [5.74, 6) is 1.26. The molecule has 2 saturated heterocycles. The summed E-state index contributed by atoms with van der Waals surface area (Å²) in [6.45, 7) is 0.762. The van der Waals surface area contributed by atoms with Gasteiger partial charge in [0.1, 0.15) is 0 Å². The first-order valence-electron chi connectivity index (χ1n) is 3.32. The van der Waals surface area contributed by atoms with Gasteiger partial charge in [-0.25, -0.2) is 0 Å². The number of β-lactam (4-membered cyclic amide) rings is 1. The van der Waals surface area contributed by atoms with Crippen molar-refractivity contribution in [3.63, 3.8) is 0 Å². The normalized spacial score (nSPS) is 38.9. The Bertz CT molecular complexity index is 175. The molecule has 2 rings (SSSR count). The Morgan fingerprint density at radius 2 is 2.50 bits per heavy atom. The number of rotatable bonds is 0. The van der Waals surface area contributed by atoms with E-state index in [9.17, 15) is 4.79 Å². The fourth-order valence-electron chi connectivity index (χ4n) is 1.27. The predicted molar refractivity (Wildman–Crippen MR) is 42.2 cm³/mol. The summed E-state index contributed by atoms with van der Waals surface area (Å²) in [5, 5.41) is 0.632. The number of fused-ring (bicyclic) bond motifs is 1. The average Bonchev–Trinajstić information content (AvgIpc) is 1.92. The summed E-state index contributed by atoms with van der Waals surface area (Å²) in [7, 11) is 0. The summed E-state index contributed by atoms with van der Waals surface area (Å²) in [4.78, 5) is 12.7. The Morgan fingerprint density at radius 1 is 1.70 bits per heavy atom. The number of hydrogen-bond acceptors (Lipinski definition) is 2. The third-order valence-corrected chi connectivity index (χ3v) is 3.76. The van der Waals surface area contributed by atoms with E-state index >= 15 is 0 Å². The number of thioether (sulfide) groups is 1. The van der Waals surface area contributed by atoms with Crippen molar-refractivity contribution < 1.29 is 4.79 Å². The SMILES string of the molecule is O=C1C[C@@H]2SCC(Cl)CN12. The van der Waals surface area contributed by atoms with Gasteiger partial charge < -0.3 is 4.90 Å². The van der Waals surface area contributed by atoms with Crippen molar-refractivity contribution in [2.24, 2.45) is 0 Å². The molecule has 2 fully saturated rings. The number of halogens is 1. The first-order chi connectivity index (χ1) is 4.77. The van der Waals surface area contributed by atoms with Crippen LogP contribution in [0.4, 0.5) is 0 Å². The molecule has 2 aliphatic rings. The number of alkyl halides is 1. The van der Waals surface area contributed by atoms with Crippen LogP contribution < -0.4 is 0 Å². The molecule has 4 heteroatoms. The van der Waals surface area contributed by atoms with E-state index in [4.69, 9.17) is 11.6 Å². The molecule has 0 radical (unpaired) electrons. The Hall–Kier alpha value is 0.110. The number of amides is 1. The highest BCUT2D eigenvalue weighted by atomic mass is 35.5. The van der Waals surface area contributed by atoms with Crippen molar-refractivity contribution in [2.45, 2.75) is 17.2 Å². The van der Waals surface area contributed by atoms with Gasteiger partial charge in [-0.2, -0.15) is 0 Å². The van der Waals surface area contributed by atoms with Crippen LogP contribution in [0.1, 0.15) is 6.42 Å². The van der Waals surface area contributed by atoms with Crippen LogP contribution in [0.15, 0.2) is 0 Å². The molecule has 0 aromatic carbocycles. The zero-order valence-corrected chi connectivity index (χ0v) is 6.99. The lowest BCUT2D eigenvalue weighted by Crippen LogP contribution is -2.56. The Morgan fingerprint density at radius 3 is 3.10 bits per heavy atom. The van der Waals surface area contributed by atoms with Gasteiger partial charge in [0.05, 0.1) is 17.2 Å². The minimum atomic E-state index is 0.172. The van der Waals surface area contributed by atoms with Gasteiger partial charge in [-0.15, -0.1) is 23.4 Å². The van der Waals surface area contributed by atoms with Crippen molar-refractivity contribution in [2.75, 3.05) is 12.3 Å². The van der Waals surface area contributed by atoms with Crippen LogP contribution in [-0.4, -0.2) is 33.9 Å².